The van der Waals surface area contributed by atoms with Gasteiger partial charge in [-0.3, -0.25) is 0 Å². The molecule has 504 valence electrons. The molecule has 6 aliphatic rings. The van der Waals surface area contributed by atoms with Crippen LogP contribution in [0.5, 0.6) is 0 Å². The molecule has 7 atom stereocenters. The first-order valence-corrected chi connectivity index (χ1v) is 36.2. The molecule has 6 heteroatoms. The van der Waals surface area contributed by atoms with E-state index >= 15 is 0 Å². The third kappa shape index (κ3) is 17.5. The van der Waals surface area contributed by atoms with Crippen LogP contribution in [0.15, 0.2) is 218 Å². The van der Waals surface area contributed by atoms with Crippen molar-refractivity contribution in [3.05, 3.63) is 285 Å². The van der Waals surface area contributed by atoms with E-state index in [9.17, 15) is 0 Å². The Bertz CT molecular complexity index is 3760. The van der Waals surface area contributed by atoms with Crippen molar-refractivity contribution in [1.82, 2.24) is 0 Å². The quantitative estimate of drug-likeness (QED) is 0.0961. The summed E-state index contributed by atoms with van der Waals surface area (Å²) in [6.45, 7) is 30.2. The van der Waals surface area contributed by atoms with E-state index in [-0.39, 0.29) is 36.6 Å². The zero-order valence-electron chi connectivity index (χ0n) is 60.0. The SMILES string of the molecule is CC(C)C(C)OC1CCc2ccccc21.CC(C)C(C)OC1c2ccccc2-c2ccccc21.CC(C)OC1CCc2ccccc21.CC(C)OC1c2ccccc2-c2ccccc21.CCC(C)OC1CCc2ccccc21.CCC(C)OC1c2ccccc2-c2ccccc21. The van der Waals surface area contributed by atoms with Gasteiger partial charge in [0.1, 0.15) is 18.3 Å². The maximum atomic E-state index is 6.33. The van der Waals surface area contributed by atoms with E-state index in [1.807, 2.05) is 0 Å². The average molecular weight is 1290 g/mol. The zero-order valence-corrected chi connectivity index (χ0v) is 60.0. The zero-order chi connectivity index (χ0) is 67.8. The van der Waals surface area contributed by atoms with E-state index in [1.165, 1.54) is 119 Å². The van der Waals surface area contributed by atoms with Gasteiger partial charge in [0.2, 0.25) is 0 Å². The highest BCUT2D eigenvalue weighted by atomic mass is 16.5. The molecule has 0 bridgehead atoms. The van der Waals surface area contributed by atoms with Crippen molar-refractivity contribution < 1.29 is 28.4 Å². The Kier molecular flexibility index (Phi) is 25.5. The number of ether oxygens (including phenoxy) is 6. The van der Waals surface area contributed by atoms with Gasteiger partial charge in [-0.2, -0.15) is 0 Å². The molecule has 7 unspecified atom stereocenters. The first kappa shape index (κ1) is 71.5. The molecule has 9 aromatic carbocycles. The van der Waals surface area contributed by atoms with E-state index in [4.69, 9.17) is 28.4 Å². The molecule has 0 heterocycles. The summed E-state index contributed by atoms with van der Waals surface area (Å²) in [7, 11) is 0. The van der Waals surface area contributed by atoms with Gasteiger partial charge in [-0.15, -0.1) is 0 Å². The Morgan fingerprint density at radius 3 is 0.802 bits per heavy atom. The number of rotatable bonds is 16. The van der Waals surface area contributed by atoms with Crippen molar-refractivity contribution in [3.8, 4) is 33.4 Å². The minimum Gasteiger partial charge on any atom is -0.371 e. The average Bonchev–Trinajstić information content (AvgIpc) is 1.63. The smallest absolute Gasteiger partial charge is 0.109 e. The molecular weight excluding hydrogens is 1180 g/mol. The number of fused-ring (bicyclic) bond motifs is 12. The normalized spacial score (nSPS) is 17.8. The van der Waals surface area contributed by atoms with Crippen LogP contribution in [-0.4, -0.2) is 36.6 Å². The molecule has 0 saturated heterocycles. The standard InChI is InChI=1S/C18H20O.C17H18O.C16H16O.C14H20O.C13H18O.C12H16O/c1-12(2)13(3)19-18-16-10-6-4-8-14(16)15-9-5-7-11-17(15)18;1-3-12(2)18-17-15-10-6-4-8-13(15)14-9-5-7-11-16(14)17;1-11(2)17-16-14-9-5-3-7-12(14)13-8-4-6-10-15(13)16;1-10(2)11(3)15-14-9-8-12-6-4-5-7-13(12)14;1-3-10(2)14-13-9-8-11-6-4-5-7-12(11)13;1-9(2)13-12-8-7-10-5-3-4-6-11(10)12/h4-13,18H,1-3H3;4-12,17H,3H2,1-2H3;3-11,16H,1-2H3;4-7,10-11,14H,8-9H2,1-3H3;4-7,10,13H,3,8-9H2,1-2H3;3-6,9,12H,7-8H2,1-2H3. The molecule has 9 aromatic rings. The fourth-order valence-electron chi connectivity index (χ4n) is 13.8. The number of aryl methyl sites for hydroxylation is 3. The fourth-order valence-corrected chi connectivity index (χ4v) is 13.8. The van der Waals surface area contributed by atoms with Crippen LogP contribution in [0, 0.1) is 11.8 Å². The van der Waals surface area contributed by atoms with Crippen molar-refractivity contribution >= 4 is 0 Å². The van der Waals surface area contributed by atoms with Crippen molar-refractivity contribution in [3.63, 3.8) is 0 Å². The first-order valence-electron chi connectivity index (χ1n) is 36.2. The van der Waals surface area contributed by atoms with E-state index in [2.05, 4.69) is 315 Å². The molecule has 96 heavy (non-hydrogen) atoms. The van der Waals surface area contributed by atoms with Gasteiger partial charge in [-0.25, -0.2) is 0 Å². The van der Waals surface area contributed by atoms with E-state index in [0.29, 0.717) is 48.5 Å². The van der Waals surface area contributed by atoms with E-state index in [0.717, 1.165) is 32.1 Å². The minimum absolute atomic E-state index is 0.0878. The van der Waals surface area contributed by atoms with Crippen molar-refractivity contribution in [2.75, 3.05) is 0 Å². The van der Waals surface area contributed by atoms with Gasteiger partial charge in [0.05, 0.1) is 54.9 Å². The molecule has 0 saturated carbocycles. The summed E-state index contributed by atoms with van der Waals surface area (Å²) >= 11 is 0. The third-order valence-electron chi connectivity index (χ3n) is 19.9. The molecular formula is C90H108O6. The lowest BCUT2D eigenvalue weighted by molar-refractivity contribution is -0.0255. The second-order valence-corrected chi connectivity index (χ2v) is 28.1. The summed E-state index contributed by atoms with van der Waals surface area (Å²) in [6.07, 6.45) is 12.3. The monoisotopic (exact) mass is 1280 g/mol. The van der Waals surface area contributed by atoms with Crippen molar-refractivity contribution in [1.29, 1.82) is 0 Å². The maximum absolute atomic E-state index is 6.33. The molecule has 0 aliphatic heterocycles. The summed E-state index contributed by atoms with van der Waals surface area (Å²) in [4.78, 5) is 0. The molecule has 0 fully saturated rings. The van der Waals surface area contributed by atoms with Crippen LogP contribution in [0.2, 0.25) is 0 Å². The number of benzene rings is 9. The molecule has 0 aromatic heterocycles. The fraction of sp³-hybridized carbons (Fsp3) is 0.400. The van der Waals surface area contributed by atoms with Crippen LogP contribution < -0.4 is 0 Å². The topological polar surface area (TPSA) is 55.4 Å². The van der Waals surface area contributed by atoms with Gasteiger partial charge in [-0.1, -0.05) is 260 Å². The van der Waals surface area contributed by atoms with Gasteiger partial charge in [0.25, 0.3) is 0 Å². The van der Waals surface area contributed by atoms with Gasteiger partial charge < -0.3 is 28.4 Å². The Morgan fingerprint density at radius 2 is 0.500 bits per heavy atom. The van der Waals surface area contributed by atoms with Crippen LogP contribution in [0.4, 0.5) is 0 Å². The van der Waals surface area contributed by atoms with Crippen molar-refractivity contribution in [2.45, 2.75) is 222 Å². The molecule has 6 nitrogen and oxygen atoms in total. The van der Waals surface area contributed by atoms with Gasteiger partial charge in [0, 0.05) is 0 Å². The Balaban J connectivity index is 0.000000126. The lowest BCUT2D eigenvalue weighted by Crippen LogP contribution is -2.18. The second kappa shape index (κ2) is 34.3. The Labute approximate surface area is 577 Å². The van der Waals surface area contributed by atoms with Crippen LogP contribution in [-0.2, 0) is 47.7 Å². The predicted octanol–water partition coefficient (Wildman–Crippen LogP) is 23.9. The highest BCUT2D eigenvalue weighted by molar-refractivity contribution is 5.80. The minimum atomic E-state index is 0.0878. The predicted molar refractivity (Wildman–Crippen MR) is 399 cm³/mol. The summed E-state index contributed by atoms with van der Waals surface area (Å²) in [6, 6.07) is 77.2. The first-order chi connectivity index (χ1) is 46.5. The molecule has 0 N–H and O–H groups in total. The van der Waals surface area contributed by atoms with Crippen molar-refractivity contribution in [2.24, 2.45) is 11.8 Å². The summed E-state index contributed by atoms with van der Waals surface area (Å²) < 4.78 is 36.5. The highest BCUT2D eigenvalue weighted by Crippen LogP contribution is 2.49. The second-order valence-electron chi connectivity index (χ2n) is 28.1. The van der Waals surface area contributed by atoms with Crippen LogP contribution in [0.25, 0.3) is 33.4 Å². The molecule has 15 rings (SSSR count). The Morgan fingerprint density at radius 1 is 0.260 bits per heavy atom. The third-order valence-corrected chi connectivity index (χ3v) is 19.9. The molecule has 0 amide bonds. The van der Waals surface area contributed by atoms with Gasteiger partial charge in [-0.05, 0) is 219 Å². The summed E-state index contributed by atoms with van der Waals surface area (Å²) in [5.41, 5.74) is 24.3. The molecule has 0 radical (unpaired) electrons. The molecule has 0 spiro atoms. The maximum Gasteiger partial charge on any atom is 0.109 e. The van der Waals surface area contributed by atoms with Gasteiger partial charge >= 0.3 is 0 Å². The van der Waals surface area contributed by atoms with Crippen LogP contribution in [0.3, 0.4) is 0 Å². The van der Waals surface area contributed by atoms with E-state index < -0.39 is 0 Å². The summed E-state index contributed by atoms with van der Waals surface area (Å²) in [5.74, 6) is 1.12. The van der Waals surface area contributed by atoms with E-state index in [1.54, 1.807) is 0 Å². The number of hydrogen-bond donors (Lipinski definition) is 0. The Hall–Kier alpha value is -7.26. The largest absolute Gasteiger partial charge is 0.371 e. The lowest BCUT2D eigenvalue weighted by Gasteiger charge is -2.23. The van der Waals surface area contributed by atoms with Crippen LogP contribution >= 0.6 is 0 Å². The van der Waals surface area contributed by atoms with Crippen LogP contribution in [0.1, 0.15) is 232 Å². The number of hydrogen-bond acceptors (Lipinski definition) is 6. The summed E-state index contributed by atoms with van der Waals surface area (Å²) in [5, 5.41) is 0. The molecule has 6 aliphatic carbocycles. The van der Waals surface area contributed by atoms with Gasteiger partial charge in [0.15, 0.2) is 0 Å². The lowest BCUT2D eigenvalue weighted by atomic mass is 10.1. The highest BCUT2D eigenvalue weighted by Gasteiger charge is 2.33.